The van der Waals surface area contributed by atoms with Gasteiger partial charge in [0.15, 0.2) is 16.5 Å². The second-order valence-corrected chi connectivity index (χ2v) is 8.48. The number of nitrogens with zero attached hydrogens (tertiary/aromatic N) is 3. The van der Waals surface area contributed by atoms with E-state index in [2.05, 4.69) is 10.2 Å². The second kappa shape index (κ2) is 9.43. The summed E-state index contributed by atoms with van der Waals surface area (Å²) in [6.45, 7) is 1.32. The Bertz CT molecular complexity index is 1070. The third-order valence-corrected chi connectivity index (χ3v) is 6.59. The highest BCUT2D eigenvalue weighted by molar-refractivity contribution is 7.14. The number of aromatic nitrogens is 2. The molecule has 1 aromatic heterocycles. The molecule has 0 N–H and O–H groups in total. The van der Waals surface area contributed by atoms with Crippen molar-refractivity contribution in [2.75, 3.05) is 27.3 Å². The molecule has 1 amide bonds. The summed E-state index contributed by atoms with van der Waals surface area (Å²) in [5, 5.41) is 9.93. The SMILES string of the molecule is COc1ccc(CC(=O)N2CCCC(c3nnc(-c4ccccc4F)s3)C2)cc1OC. The predicted molar refractivity (Wildman–Crippen MR) is 117 cm³/mol. The Morgan fingerprint density at radius 3 is 2.74 bits per heavy atom. The summed E-state index contributed by atoms with van der Waals surface area (Å²) >= 11 is 1.40. The van der Waals surface area contributed by atoms with Crippen LogP contribution in [0, 0.1) is 5.82 Å². The van der Waals surface area contributed by atoms with Crippen LogP contribution in [0.2, 0.25) is 0 Å². The molecule has 6 nitrogen and oxygen atoms in total. The van der Waals surface area contributed by atoms with Crippen molar-refractivity contribution in [3.05, 3.63) is 58.9 Å². The fourth-order valence-corrected chi connectivity index (χ4v) is 4.82. The van der Waals surface area contributed by atoms with Crippen LogP contribution in [0.3, 0.4) is 0 Å². The van der Waals surface area contributed by atoms with Crippen molar-refractivity contribution in [1.29, 1.82) is 0 Å². The topological polar surface area (TPSA) is 64.5 Å². The summed E-state index contributed by atoms with van der Waals surface area (Å²) in [4.78, 5) is 14.8. The molecule has 8 heteroatoms. The quantitative estimate of drug-likeness (QED) is 0.570. The van der Waals surface area contributed by atoms with Gasteiger partial charge in [-0.05, 0) is 42.7 Å². The normalized spacial score (nSPS) is 16.2. The number of carbonyl (C=O) groups excluding carboxylic acids is 1. The van der Waals surface area contributed by atoms with E-state index in [1.165, 1.54) is 17.4 Å². The van der Waals surface area contributed by atoms with Gasteiger partial charge in [0, 0.05) is 24.6 Å². The van der Waals surface area contributed by atoms with Gasteiger partial charge in [0.25, 0.3) is 0 Å². The Morgan fingerprint density at radius 2 is 1.97 bits per heavy atom. The van der Waals surface area contributed by atoms with Crippen LogP contribution >= 0.6 is 11.3 Å². The number of methoxy groups -OCH3 is 2. The van der Waals surface area contributed by atoms with Crippen LogP contribution in [0.15, 0.2) is 42.5 Å². The van der Waals surface area contributed by atoms with Crippen molar-refractivity contribution in [2.45, 2.75) is 25.2 Å². The molecular weight excluding hydrogens is 417 g/mol. The van der Waals surface area contributed by atoms with Crippen molar-refractivity contribution in [3.63, 3.8) is 0 Å². The Morgan fingerprint density at radius 1 is 1.16 bits per heavy atom. The highest BCUT2D eigenvalue weighted by Gasteiger charge is 2.28. The molecule has 1 unspecified atom stereocenters. The second-order valence-electron chi connectivity index (χ2n) is 7.47. The van der Waals surface area contributed by atoms with E-state index in [1.54, 1.807) is 32.4 Å². The zero-order valence-corrected chi connectivity index (χ0v) is 18.3. The predicted octanol–water partition coefficient (Wildman–Crippen LogP) is 4.31. The standard InChI is InChI=1S/C23H24FN3O3S/c1-29-19-10-9-15(12-20(19)30-2)13-21(28)27-11-5-6-16(14-27)22-25-26-23(31-22)17-7-3-4-8-18(17)24/h3-4,7-10,12,16H,5-6,11,13-14H2,1-2H3. The summed E-state index contributed by atoms with van der Waals surface area (Å²) in [5.41, 5.74) is 1.34. The monoisotopic (exact) mass is 441 g/mol. The number of hydrogen-bond acceptors (Lipinski definition) is 6. The third-order valence-electron chi connectivity index (χ3n) is 5.47. The summed E-state index contributed by atoms with van der Waals surface area (Å²) in [6.07, 6.45) is 2.13. The molecule has 2 heterocycles. The van der Waals surface area contributed by atoms with Gasteiger partial charge in [0.05, 0.1) is 20.6 Å². The molecule has 0 aliphatic carbocycles. The average molecular weight is 442 g/mol. The minimum Gasteiger partial charge on any atom is -0.493 e. The molecule has 1 aliphatic rings. The van der Waals surface area contributed by atoms with Crippen LogP contribution in [0.5, 0.6) is 11.5 Å². The molecule has 0 saturated carbocycles. The first-order valence-corrected chi connectivity index (χ1v) is 11.0. The average Bonchev–Trinajstić information content (AvgIpc) is 3.29. The summed E-state index contributed by atoms with van der Waals surface area (Å²) < 4.78 is 24.7. The molecular formula is C23H24FN3O3S. The van der Waals surface area contributed by atoms with Crippen LogP contribution in [-0.2, 0) is 11.2 Å². The minimum absolute atomic E-state index is 0.0655. The van der Waals surface area contributed by atoms with E-state index in [9.17, 15) is 9.18 Å². The molecule has 2 aromatic carbocycles. The van der Waals surface area contributed by atoms with Gasteiger partial charge in [0.1, 0.15) is 10.8 Å². The maximum Gasteiger partial charge on any atom is 0.227 e. The van der Waals surface area contributed by atoms with Crippen LogP contribution < -0.4 is 9.47 Å². The zero-order chi connectivity index (χ0) is 21.8. The minimum atomic E-state index is -0.305. The number of likely N-dealkylation sites (tertiary alicyclic amines) is 1. The molecule has 1 aliphatic heterocycles. The van der Waals surface area contributed by atoms with Gasteiger partial charge in [-0.1, -0.05) is 29.5 Å². The van der Waals surface area contributed by atoms with E-state index in [0.717, 1.165) is 30.0 Å². The Balaban J connectivity index is 1.44. The highest BCUT2D eigenvalue weighted by Crippen LogP contribution is 2.34. The molecule has 1 fully saturated rings. The number of hydrogen-bond donors (Lipinski definition) is 0. The van der Waals surface area contributed by atoms with E-state index in [-0.39, 0.29) is 17.6 Å². The maximum absolute atomic E-state index is 14.1. The number of halogens is 1. The summed E-state index contributed by atoms with van der Waals surface area (Å²) in [5.74, 6) is 1.12. The fraction of sp³-hybridized carbons (Fsp3) is 0.348. The lowest BCUT2D eigenvalue weighted by atomic mass is 9.98. The number of piperidine rings is 1. The first-order valence-electron chi connectivity index (χ1n) is 10.2. The fourth-order valence-electron chi connectivity index (χ4n) is 3.83. The van der Waals surface area contributed by atoms with Gasteiger partial charge in [-0.2, -0.15) is 0 Å². The largest absolute Gasteiger partial charge is 0.493 e. The van der Waals surface area contributed by atoms with Crippen molar-refractivity contribution in [3.8, 4) is 22.1 Å². The molecule has 31 heavy (non-hydrogen) atoms. The molecule has 1 saturated heterocycles. The Labute approximate surface area is 184 Å². The Kier molecular flexibility index (Phi) is 6.46. The number of carbonyl (C=O) groups is 1. The van der Waals surface area contributed by atoms with E-state index >= 15 is 0 Å². The number of amides is 1. The molecule has 4 rings (SSSR count). The number of rotatable bonds is 6. The van der Waals surface area contributed by atoms with Crippen LogP contribution in [0.25, 0.3) is 10.6 Å². The molecule has 162 valence electrons. The van der Waals surface area contributed by atoms with Gasteiger partial charge >= 0.3 is 0 Å². The molecule has 0 bridgehead atoms. The maximum atomic E-state index is 14.1. The van der Waals surface area contributed by atoms with Crippen molar-refractivity contribution in [1.82, 2.24) is 15.1 Å². The van der Waals surface area contributed by atoms with E-state index in [1.807, 2.05) is 23.1 Å². The lowest BCUT2D eigenvalue weighted by Crippen LogP contribution is -2.39. The molecule has 1 atom stereocenters. The zero-order valence-electron chi connectivity index (χ0n) is 17.5. The molecule has 0 radical (unpaired) electrons. The van der Waals surface area contributed by atoms with E-state index < -0.39 is 0 Å². The van der Waals surface area contributed by atoms with Gasteiger partial charge in [0.2, 0.25) is 5.91 Å². The van der Waals surface area contributed by atoms with Crippen LogP contribution in [-0.4, -0.2) is 48.3 Å². The molecule has 3 aromatic rings. The summed E-state index contributed by atoms with van der Waals surface area (Å²) in [7, 11) is 3.16. The molecule has 0 spiro atoms. The van der Waals surface area contributed by atoms with Gasteiger partial charge < -0.3 is 14.4 Å². The third kappa shape index (κ3) is 4.69. The van der Waals surface area contributed by atoms with Crippen molar-refractivity contribution >= 4 is 17.2 Å². The number of ether oxygens (including phenoxy) is 2. The van der Waals surface area contributed by atoms with Gasteiger partial charge in [-0.15, -0.1) is 10.2 Å². The first kappa shape index (κ1) is 21.2. The van der Waals surface area contributed by atoms with Crippen molar-refractivity contribution < 1.29 is 18.7 Å². The Hall–Kier alpha value is -3.00. The van der Waals surface area contributed by atoms with Crippen molar-refractivity contribution in [2.24, 2.45) is 0 Å². The smallest absolute Gasteiger partial charge is 0.227 e. The summed E-state index contributed by atoms with van der Waals surface area (Å²) in [6, 6.07) is 12.1. The van der Waals surface area contributed by atoms with Gasteiger partial charge in [-0.3, -0.25) is 4.79 Å². The van der Waals surface area contributed by atoms with Crippen LogP contribution in [0.4, 0.5) is 4.39 Å². The van der Waals surface area contributed by atoms with E-state index in [0.29, 0.717) is 35.0 Å². The van der Waals surface area contributed by atoms with Gasteiger partial charge in [-0.25, -0.2) is 4.39 Å². The lowest BCUT2D eigenvalue weighted by Gasteiger charge is -2.31. The lowest BCUT2D eigenvalue weighted by molar-refractivity contribution is -0.131. The van der Waals surface area contributed by atoms with Crippen LogP contribution in [0.1, 0.15) is 29.3 Å². The highest BCUT2D eigenvalue weighted by atomic mass is 32.1. The first-order chi connectivity index (χ1) is 15.1. The van der Waals surface area contributed by atoms with E-state index in [4.69, 9.17) is 9.47 Å². The number of benzene rings is 2.